The predicted molar refractivity (Wildman–Crippen MR) is 76.2 cm³/mol. The van der Waals surface area contributed by atoms with Gasteiger partial charge in [0.1, 0.15) is 11.4 Å². The summed E-state index contributed by atoms with van der Waals surface area (Å²) in [5.74, 6) is 0.590. The monoisotopic (exact) mass is 293 g/mol. The first kappa shape index (κ1) is 15.6. The van der Waals surface area contributed by atoms with Crippen molar-refractivity contribution in [2.75, 3.05) is 13.2 Å². The van der Waals surface area contributed by atoms with Crippen LogP contribution in [0.4, 0.5) is 4.39 Å². The maximum atomic E-state index is 12.9. The minimum absolute atomic E-state index is 0.271. The second kappa shape index (κ2) is 6.78. The largest absolute Gasteiger partial charge is 0.379 e. The standard InChI is InChI=1S/C15H20FN3O2/c1-3-8-20-10-15(2,17)14-18-13(21-19-14)9-11-4-6-12(16)7-5-11/h4-7H,3,8-10,17H2,1-2H3. The number of nitrogens with zero attached hydrogens (tertiary/aromatic N) is 2. The minimum atomic E-state index is -0.792. The highest BCUT2D eigenvalue weighted by Gasteiger charge is 2.27. The van der Waals surface area contributed by atoms with Gasteiger partial charge in [0.2, 0.25) is 5.89 Å². The lowest BCUT2D eigenvalue weighted by atomic mass is 10.1. The maximum absolute atomic E-state index is 12.9. The fourth-order valence-corrected chi connectivity index (χ4v) is 1.83. The molecule has 1 unspecified atom stereocenters. The lowest BCUT2D eigenvalue weighted by Crippen LogP contribution is -2.39. The van der Waals surface area contributed by atoms with E-state index in [9.17, 15) is 4.39 Å². The molecule has 0 spiro atoms. The zero-order valence-corrected chi connectivity index (χ0v) is 12.3. The number of aromatic nitrogens is 2. The third kappa shape index (κ3) is 4.34. The van der Waals surface area contributed by atoms with E-state index in [2.05, 4.69) is 10.1 Å². The molecule has 0 fully saturated rings. The molecule has 2 aromatic rings. The fraction of sp³-hybridized carbons (Fsp3) is 0.467. The number of nitrogens with two attached hydrogens (primary N) is 1. The Kier molecular flexibility index (Phi) is 5.03. The molecule has 1 aromatic heterocycles. The van der Waals surface area contributed by atoms with Gasteiger partial charge in [0, 0.05) is 6.61 Å². The third-order valence-corrected chi connectivity index (χ3v) is 3.00. The molecule has 0 saturated heterocycles. The van der Waals surface area contributed by atoms with Crippen molar-refractivity contribution in [1.29, 1.82) is 0 Å². The van der Waals surface area contributed by atoms with Crippen molar-refractivity contribution in [3.63, 3.8) is 0 Å². The van der Waals surface area contributed by atoms with Crippen molar-refractivity contribution in [2.45, 2.75) is 32.2 Å². The maximum Gasteiger partial charge on any atom is 0.231 e. The van der Waals surface area contributed by atoms with E-state index in [1.54, 1.807) is 19.1 Å². The van der Waals surface area contributed by atoms with Crippen LogP contribution in [0.25, 0.3) is 0 Å². The average molecular weight is 293 g/mol. The van der Waals surface area contributed by atoms with E-state index in [1.165, 1.54) is 12.1 Å². The summed E-state index contributed by atoms with van der Waals surface area (Å²) in [5, 5.41) is 3.92. The van der Waals surface area contributed by atoms with Gasteiger partial charge in [0.15, 0.2) is 5.82 Å². The first-order chi connectivity index (χ1) is 10.0. The molecule has 114 valence electrons. The zero-order valence-electron chi connectivity index (χ0n) is 12.3. The van der Waals surface area contributed by atoms with Gasteiger partial charge in [0.05, 0.1) is 13.0 Å². The molecule has 0 aliphatic rings. The molecule has 1 atom stereocenters. The molecule has 0 aliphatic heterocycles. The van der Waals surface area contributed by atoms with Crippen molar-refractivity contribution in [1.82, 2.24) is 10.1 Å². The van der Waals surface area contributed by atoms with Crippen LogP contribution in [0.3, 0.4) is 0 Å². The van der Waals surface area contributed by atoms with Gasteiger partial charge in [-0.1, -0.05) is 24.2 Å². The van der Waals surface area contributed by atoms with Crippen molar-refractivity contribution in [3.05, 3.63) is 47.4 Å². The summed E-state index contributed by atoms with van der Waals surface area (Å²) >= 11 is 0. The third-order valence-electron chi connectivity index (χ3n) is 3.00. The van der Waals surface area contributed by atoms with Gasteiger partial charge in [-0.25, -0.2) is 4.39 Å². The summed E-state index contributed by atoms with van der Waals surface area (Å²) < 4.78 is 23.5. The zero-order chi connectivity index (χ0) is 15.3. The van der Waals surface area contributed by atoms with E-state index >= 15 is 0 Å². The molecule has 2 rings (SSSR count). The van der Waals surface area contributed by atoms with Gasteiger partial charge >= 0.3 is 0 Å². The van der Waals surface area contributed by atoms with Gasteiger partial charge < -0.3 is 15.0 Å². The van der Waals surface area contributed by atoms with Crippen molar-refractivity contribution < 1.29 is 13.7 Å². The second-order valence-corrected chi connectivity index (χ2v) is 5.29. The first-order valence-electron chi connectivity index (χ1n) is 6.95. The Labute approximate surface area is 123 Å². The van der Waals surface area contributed by atoms with Crippen LogP contribution >= 0.6 is 0 Å². The molecule has 2 N–H and O–H groups in total. The summed E-state index contributed by atoms with van der Waals surface area (Å²) in [5.41, 5.74) is 6.25. The summed E-state index contributed by atoms with van der Waals surface area (Å²) in [4.78, 5) is 4.30. The van der Waals surface area contributed by atoms with E-state index in [1.807, 2.05) is 6.92 Å². The topological polar surface area (TPSA) is 74.2 Å². The molecule has 5 nitrogen and oxygen atoms in total. The molecular weight excluding hydrogens is 273 g/mol. The highest BCUT2D eigenvalue weighted by Crippen LogP contribution is 2.16. The lowest BCUT2D eigenvalue weighted by molar-refractivity contribution is 0.0867. The Morgan fingerprint density at radius 2 is 2.05 bits per heavy atom. The van der Waals surface area contributed by atoms with Gasteiger partial charge in [0.25, 0.3) is 0 Å². The molecule has 0 saturated carbocycles. The van der Waals surface area contributed by atoms with Gasteiger partial charge in [-0.3, -0.25) is 0 Å². The smallest absolute Gasteiger partial charge is 0.231 e. The first-order valence-corrected chi connectivity index (χ1v) is 6.95. The van der Waals surface area contributed by atoms with Crippen molar-refractivity contribution in [2.24, 2.45) is 5.73 Å². The van der Waals surface area contributed by atoms with E-state index in [0.29, 0.717) is 31.3 Å². The van der Waals surface area contributed by atoms with Crippen LogP contribution in [0.2, 0.25) is 0 Å². The molecule has 0 radical (unpaired) electrons. The second-order valence-electron chi connectivity index (χ2n) is 5.29. The molecule has 21 heavy (non-hydrogen) atoms. The van der Waals surface area contributed by atoms with Crippen molar-refractivity contribution >= 4 is 0 Å². The number of halogens is 1. The van der Waals surface area contributed by atoms with Crippen LogP contribution < -0.4 is 5.73 Å². The SMILES string of the molecule is CCCOCC(C)(N)c1noc(Cc2ccc(F)cc2)n1. The Balaban J connectivity index is 2.01. The Bertz CT molecular complexity index is 567. The van der Waals surface area contributed by atoms with Gasteiger partial charge in [-0.15, -0.1) is 0 Å². The highest BCUT2D eigenvalue weighted by molar-refractivity contribution is 5.19. The molecule has 0 bridgehead atoms. The number of ether oxygens (including phenoxy) is 1. The van der Waals surface area contributed by atoms with Crippen LogP contribution in [0, 0.1) is 5.82 Å². The van der Waals surface area contributed by atoms with Gasteiger partial charge in [-0.05, 0) is 31.0 Å². The molecule has 1 aromatic carbocycles. The van der Waals surface area contributed by atoms with Crippen molar-refractivity contribution in [3.8, 4) is 0 Å². The minimum Gasteiger partial charge on any atom is -0.379 e. The van der Waals surface area contributed by atoms with Crippen LogP contribution in [0.15, 0.2) is 28.8 Å². The molecular formula is C15H20FN3O2. The average Bonchev–Trinajstić information content (AvgIpc) is 2.91. The van der Waals surface area contributed by atoms with E-state index in [4.69, 9.17) is 15.0 Å². The summed E-state index contributed by atoms with van der Waals surface area (Å²) in [6.45, 7) is 4.81. The fourth-order valence-electron chi connectivity index (χ4n) is 1.83. The normalized spacial score (nSPS) is 14.1. The number of benzene rings is 1. The number of hydrogen-bond acceptors (Lipinski definition) is 5. The molecule has 1 heterocycles. The summed E-state index contributed by atoms with van der Waals surface area (Å²) in [6.07, 6.45) is 1.37. The summed E-state index contributed by atoms with van der Waals surface area (Å²) in [7, 11) is 0. The van der Waals surface area contributed by atoms with Crippen LogP contribution in [0.1, 0.15) is 37.5 Å². The van der Waals surface area contributed by atoms with Gasteiger partial charge in [-0.2, -0.15) is 4.98 Å². The Hall–Kier alpha value is -1.79. The Morgan fingerprint density at radius 1 is 1.33 bits per heavy atom. The summed E-state index contributed by atoms with van der Waals surface area (Å²) in [6, 6.07) is 6.17. The molecule has 0 aliphatic carbocycles. The van der Waals surface area contributed by atoms with Crippen LogP contribution in [0.5, 0.6) is 0 Å². The lowest BCUT2D eigenvalue weighted by Gasteiger charge is -2.19. The molecule has 0 amide bonds. The number of rotatable bonds is 7. The predicted octanol–water partition coefficient (Wildman–Crippen LogP) is 2.40. The van der Waals surface area contributed by atoms with E-state index in [-0.39, 0.29) is 5.82 Å². The van der Waals surface area contributed by atoms with Crippen LogP contribution in [-0.2, 0) is 16.7 Å². The van der Waals surface area contributed by atoms with E-state index in [0.717, 1.165) is 12.0 Å². The molecule has 6 heteroatoms. The highest BCUT2D eigenvalue weighted by atomic mass is 19.1. The quantitative estimate of drug-likeness (QED) is 0.793. The van der Waals surface area contributed by atoms with Crippen LogP contribution in [-0.4, -0.2) is 23.4 Å². The number of hydrogen-bond donors (Lipinski definition) is 1. The Morgan fingerprint density at radius 3 is 2.71 bits per heavy atom. The van der Waals surface area contributed by atoms with E-state index < -0.39 is 5.54 Å².